The number of ether oxygens (including phenoxy) is 1. The second-order valence-electron chi connectivity index (χ2n) is 3.56. The van der Waals surface area contributed by atoms with Gasteiger partial charge in [0.1, 0.15) is 17.1 Å². The van der Waals surface area contributed by atoms with Crippen molar-refractivity contribution in [3.8, 4) is 17.2 Å². The van der Waals surface area contributed by atoms with Crippen LogP contribution in [-0.2, 0) is 0 Å². The van der Waals surface area contributed by atoms with E-state index in [1.807, 2.05) is 28.9 Å². The minimum absolute atomic E-state index is 0.356. The molecule has 3 rings (SSSR count). The SMILES string of the molecule is COc1ccc2nc(-c3ccc(Cl)o3)cn2c1. The lowest BCUT2D eigenvalue weighted by molar-refractivity contribution is 0.412. The van der Waals surface area contributed by atoms with Crippen LogP contribution < -0.4 is 4.74 Å². The minimum atomic E-state index is 0.356. The second-order valence-corrected chi connectivity index (χ2v) is 3.94. The van der Waals surface area contributed by atoms with Crippen molar-refractivity contribution in [2.45, 2.75) is 0 Å². The predicted octanol–water partition coefficient (Wildman–Crippen LogP) is 3.26. The minimum Gasteiger partial charge on any atom is -0.495 e. The molecule has 3 heterocycles. The van der Waals surface area contributed by atoms with E-state index in [0.29, 0.717) is 11.0 Å². The smallest absolute Gasteiger partial charge is 0.194 e. The first-order valence-corrected chi connectivity index (χ1v) is 5.42. The van der Waals surface area contributed by atoms with Crippen molar-refractivity contribution in [1.82, 2.24) is 9.38 Å². The van der Waals surface area contributed by atoms with Crippen LogP contribution in [0.3, 0.4) is 0 Å². The molecule has 0 atom stereocenters. The maximum Gasteiger partial charge on any atom is 0.194 e. The number of imidazole rings is 1. The molecule has 0 amide bonds. The summed E-state index contributed by atoms with van der Waals surface area (Å²) in [6.07, 6.45) is 3.73. The van der Waals surface area contributed by atoms with Gasteiger partial charge in [-0.05, 0) is 35.9 Å². The number of hydrogen-bond acceptors (Lipinski definition) is 3. The van der Waals surface area contributed by atoms with Gasteiger partial charge in [-0.1, -0.05) is 0 Å². The molecule has 0 aliphatic rings. The summed E-state index contributed by atoms with van der Waals surface area (Å²) in [7, 11) is 1.63. The Morgan fingerprint density at radius 2 is 2.12 bits per heavy atom. The molecule has 86 valence electrons. The zero-order valence-electron chi connectivity index (χ0n) is 9.05. The number of hydrogen-bond donors (Lipinski definition) is 0. The van der Waals surface area contributed by atoms with Gasteiger partial charge in [0.25, 0.3) is 0 Å². The summed E-state index contributed by atoms with van der Waals surface area (Å²) >= 11 is 5.74. The van der Waals surface area contributed by atoms with Crippen molar-refractivity contribution in [3.05, 3.63) is 41.9 Å². The van der Waals surface area contributed by atoms with Gasteiger partial charge < -0.3 is 13.6 Å². The van der Waals surface area contributed by atoms with E-state index >= 15 is 0 Å². The normalized spacial score (nSPS) is 10.9. The van der Waals surface area contributed by atoms with Gasteiger partial charge in [0.05, 0.1) is 13.3 Å². The van der Waals surface area contributed by atoms with E-state index in [2.05, 4.69) is 4.98 Å². The van der Waals surface area contributed by atoms with Gasteiger partial charge >= 0.3 is 0 Å². The van der Waals surface area contributed by atoms with Crippen LogP contribution >= 0.6 is 11.6 Å². The number of furan rings is 1. The van der Waals surface area contributed by atoms with Crippen molar-refractivity contribution in [2.24, 2.45) is 0 Å². The Morgan fingerprint density at radius 3 is 2.82 bits per heavy atom. The van der Waals surface area contributed by atoms with Gasteiger partial charge in [-0.15, -0.1) is 0 Å². The van der Waals surface area contributed by atoms with Crippen LogP contribution in [0.25, 0.3) is 17.1 Å². The molecular formula is C12H9ClN2O2. The lowest BCUT2D eigenvalue weighted by Crippen LogP contribution is -1.86. The fourth-order valence-electron chi connectivity index (χ4n) is 1.66. The van der Waals surface area contributed by atoms with Gasteiger partial charge in [-0.2, -0.15) is 0 Å². The molecule has 0 unspecified atom stereocenters. The zero-order chi connectivity index (χ0) is 11.8. The molecule has 0 fully saturated rings. The van der Waals surface area contributed by atoms with Crippen molar-refractivity contribution in [1.29, 1.82) is 0 Å². The van der Waals surface area contributed by atoms with Crippen LogP contribution in [-0.4, -0.2) is 16.5 Å². The van der Waals surface area contributed by atoms with Gasteiger partial charge in [0, 0.05) is 6.20 Å². The number of pyridine rings is 1. The third-order valence-corrected chi connectivity index (χ3v) is 2.69. The number of fused-ring (bicyclic) bond motifs is 1. The van der Waals surface area contributed by atoms with E-state index in [-0.39, 0.29) is 0 Å². The van der Waals surface area contributed by atoms with Gasteiger partial charge in [-0.3, -0.25) is 0 Å². The summed E-state index contributed by atoms with van der Waals surface area (Å²) in [5.41, 5.74) is 1.57. The Labute approximate surface area is 102 Å². The lowest BCUT2D eigenvalue weighted by atomic mass is 10.4. The third kappa shape index (κ3) is 1.76. The van der Waals surface area contributed by atoms with Crippen molar-refractivity contribution in [2.75, 3.05) is 7.11 Å². The molecule has 0 saturated heterocycles. The molecule has 0 bridgehead atoms. The Balaban J connectivity index is 2.13. The largest absolute Gasteiger partial charge is 0.495 e. The Bertz CT molecular complexity index is 672. The number of aromatic nitrogens is 2. The lowest BCUT2D eigenvalue weighted by Gasteiger charge is -1.98. The Kier molecular flexibility index (Phi) is 2.30. The highest BCUT2D eigenvalue weighted by molar-refractivity contribution is 6.28. The molecule has 4 nitrogen and oxygen atoms in total. The topological polar surface area (TPSA) is 39.7 Å². The predicted molar refractivity (Wildman–Crippen MR) is 64.5 cm³/mol. The standard InChI is InChI=1S/C12H9ClN2O2/c1-16-8-2-5-12-14-9(7-15(12)6-8)10-3-4-11(13)17-10/h2-7H,1H3. The molecule has 0 N–H and O–H groups in total. The molecule has 5 heteroatoms. The summed E-state index contributed by atoms with van der Waals surface area (Å²) in [5, 5.41) is 0.356. The monoisotopic (exact) mass is 248 g/mol. The van der Waals surface area contributed by atoms with Crippen LogP contribution in [0.4, 0.5) is 0 Å². The Morgan fingerprint density at radius 1 is 1.24 bits per heavy atom. The van der Waals surface area contributed by atoms with E-state index in [1.54, 1.807) is 19.2 Å². The second kappa shape index (κ2) is 3.82. The number of methoxy groups -OCH3 is 1. The van der Waals surface area contributed by atoms with E-state index < -0.39 is 0 Å². The molecule has 0 aliphatic carbocycles. The third-order valence-electron chi connectivity index (χ3n) is 2.49. The van der Waals surface area contributed by atoms with E-state index in [9.17, 15) is 0 Å². The molecule has 17 heavy (non-hydrogen) atoms. The van der Waals surface area contributed by atoms with E-state index in [1.165, 1.54) is 0 Å². The number of nitrogens with zero attached hydrogens (tertiary/aromatic N) is 2. The van der Waals surface area contributed by atoms with E-state index in [4.69, 9.17) is 20.8 Å². The van der Waals surface area contributed by atoms with Gasteiger partial charge in [0.15, 0.2) is 11.0 Å². The highest BCUT2D eigenvalue weighted by Crippen LogP contribution is 2.25. The fourth-order valence-corrected chi connectivity index (χ4v) is 1.81. The van der Waals surface area contributed by atoms with Crippen LogP contribution in [0.2, 0.25) is 5.22 Å². The molecular weight excluding hydrogens is 240 g/mol. The molecule has 0 aliphatic heterocycles. The van der Waals surface area contributed by atoms with Crippen LogP contribution in [0.1, 0.15) is 0 Å². The first kappa shape index (κ1) is 10.2. The van der Waals surface area contributed by atoms with Crippen molar-refractivity contribution < 1.29 is 9.15 Å². The first-order chi connectivity index (χ1) is 8.26. The van der Waals surface area contributed by atoms with Crippen molar-refractivity contribution >= 4 is 17.2 Å². The number of rotatable bonds is 2. The van der Waals surface area contributed by atoms with Crippen molar-refractivity contribution in [3.63, 3.8) is 0 Å². The summed E-state index contributed by atoms with van der Waals surface area (Å²) in [6.45, 7) is 0. The van der Waals surface area contributed by atoms with Crippen LogP contribution in [0.15, 0.2) is 41.1 Å². The summed E-state index contributed by atoms with van der Waals surface area (Å²) in [5.74, 6) is 1.43. The highest BCUT2D eigenvalue weighted by Gasteiger charge is 2.08. The highest BCUT2D eigenvalue weighted by atomic mass is 35.5. The Hall–Kier alpha value is -1.94. The maximum atomic E-state index is 5.74. The van der Waals surface area contributed by atoms with E-state index in [0.717, 1.165) is 17.1 Å². The van der Waals surface area contributed by atoms with Gasteiger partial charge in [0.2, 0.25) is 0 Å². The average molecular weight is 249 g/mol. The summed E-state index contributed by atoms with van der Waals surface area (Å²) in [4.78, 5) is 4.43. The fraction of sp³-hybridized carbons (Fsp3) is 0.0833. The quantitative estimate of drug-likeness (QED) is 0.699. The summed E-state index contributed by atoms with van der Waals surface area (Å²) in [6, 6.07) is 7.23. The molecule has 0 aromatic carbocycles. The van der Waals surface area contributed by atoms with Gasteiger partial charge in [-0.25, -0.2) is 4.98 Å². The molecule has 3 aromatic heterocycles. The molecule has 0 saturated carbocycles. The zero-order valence-corrected chi connectivity index (χ0v) is 9.81. The first-order valence-electron chi connectivity index (χ1n) is 5.05. The summed E-state index contributed by atoms with van der Waals surface area (Å²) < 4.78 is 12.3. The molecule has 3 aromatic rings. The van der Waals surface area contributed by atoms with Crippen LogP contribution in [0, 0.1) is 0 Å². The average Bonchev–Trinajstić information content (AvgIpc) is 2.93. The molecule has 0 spiro atoms. The van der Waals surface area contributed by atoms with Crippen LogP contribution in [0.5, 0.6) is 5.75 Å². The molecule has 0 radical (unpaired) electrons. The maximum absolute atomic E-state index is 5.74. The number of halogens is 1.